The van der Waals surface area contributed by atoms with Gasteiger partial charge in [0.1, 0.15) is 0 Å². The molecule has 0 N–H and O–H groups in total. The molecule has 3 rings (SSSR count). The molecule has 1 aliphatic heterocycles. The van der Waals surface area contributed by atoms with Crippen LogP contribution in [-0.2, 0) is 27.4 Å². The maximum atomic E-state index is 11.8. The van der Waals surface area contributed by atoms with Crippen LogP contribution in [0.4, 0.5) is 0 Å². The van der Waals surface area contributed by atoms with Crippen molar-refractivity contribution in [3.8, 4) is 0 Å². The van der Waals surface area contributed by atoms with Crippen molar-refractivity contribution in [1.29, 1.82) is 0 Å². The highest BCUT2D eigenvalue weighted by Gasteiger charge is 2.22. The molecule has 0 bridgehead atoms. The number of ether oxygens (including phenoxy) is 2. The van der Waals surface area contributed by atoms with E-state index in [2.05, 4.69) is 5.10 Å². The van der Waals surface area contributed by atoms with Gasteiger partial charge in [0.25, 0.3) is 0 Å². The quantitative estimate of drug-likeness (QED) is 0.611. The summed E-state index contributed by atoms with van der Waals surface area (Å²) in [6.45, 7) is 3.38. The van der Waals surface area contributed by atoms with E-state index in [9.17, 15) is 4.79 Å². The maximum absolute atomic E-state index is 11.8. The van der Waals surface area contributed by atoms with Crippen molar-refractivity contribution >= 4 is 34.7 Å². The Kier molecular flexibility index (Phi) is 5.23. The first kappa shape index (κ1) is 17.0. The molecule has 0 spiro atoms. The number of aromatic nitrogens is 2. The monoisotopic (exact) mass is 366 g/mol. The Morgan fingerprint density at radius 2 is 2.25 bits per heavy atom. The van der Waals surface area contributed by atoms with Crippen molar-refractivity contribution in [1.82, 2.24) is 9.78 Å². The molecule has 126 valence electrons. The largest absolute Gasteiger partial charge is 0.463 e. The van der Waals surface area contributed by atoms with Crippen molar-refractivity contribution in [2.45, 2.75) is 20.1 Å². The second kappa shape index (κ2) is 7.38. The zero-order valence-electron chi connectivity index (χ0n) is 13.1. The van der Waals surface area contributed by atoms with E-state index in [1.807, 2.05) is 10.7 Å². The van der Waals surface area contributed by atoms with E-state index >= 15 is 0 Å². The fourth-order valence-corrected chi connectivity index (χ4v) is 3.08. The average molecular weight is 367 g/mol. The summed E-state index contributed by atoms with van der Waals surface area (Å²) in [5.41, 5.74) is 3.45. The van der Waals surface area contributed by atoms with Gasteiger partial charge < -0.3 is 9.47 Å². The lowest BCUT2D eigenvalue weighted by Gasteiger charge is -2.18. The summed E-state index contributed by atoms with van der Waals surface area (Å²) in [5, 5.41) is 5.58. The summed E-state index contributed by atoms with van der Waals surface area (Å²) in [4.78, 5) is 11.8. The molecule has 0 radical (unpaired) electrons. The predicted molar refractivity (Wildman–Crippen MR) is 92.1 cm³/mol. The minimum Gasteiger partial charge on any atom is -0.463 e. The van der Waals surface area contributed by atoms with Crippen molar-refractivity contribution in [2.24, 2.45) is 0 Å². The van der Waals surface area contributed by atoms with Crippen molar-refractivity contribution in [3.05, 3.63) is 57.3 Å². The third kappa shape index (κ3) is 3.64. The third-order valence-electron chi connectivity index (χ3n) is 3.65. The minimum atomic E-state index is -0.388. The van der Waals surface area contributed by atoms with E-state index in [1.54, 1.807) is 25.3 Å². The summed E-state index contributed by atoms with van der Waals surface area (Å²) in [5.74, 6) is -0.388. The number of fused-ring (bicyclic) bond motifs is 1. The molecule has 2 aromatic rings. The molecule has 2 heterocycles. The average Bonchev–Trinajstić information content (AvgIpc) is 2.94. The van der Waals surface area contributed by atoms with Crippen LogP contribution in [0, 0.1) is 0 Å². The van der Waals surface area contributed by atoms with E-state index in [0.717, 1.165) is 22.4 Å². The molecule has 0 fully saturated rings. The van der Waals surface area contributed by atoms with Crippen LogP contribution in [0.1, 0.15) is 23.7 Å². The number of rotatable bonds is 4. The van der Waals surface area contributed by atoms with Gasteiger partial charge in [-0.25, -0.2) is 4.79 Å². The Hall–Kier alpha value is -1.82. The number of carbonyl (C=O) groups excluding carboxylic acids is 1. The van der Waals surface area contributed by atoms with Crippen LogP contribution in [0.5, 0.6) is 0 Å². The van der Waals surface area contributed by atoms with E-state index in [1.165, 1.54) is 6.08 Å². The number of nitrogens with zero attached hydrogens (tertiary/aromatic N) is 2. The molecule has 1 aromatic heterocycles. The molecule has 24 heavy (non-hydrogen) atoms. The number of hydrogen-bond acceptors (Lipinski definition) is 4. The highest BCUT2D eigenvalue weighted by Crippen LogP contribution is 2.28. The van der Waals surface area contributed by atoms with E-state index in [-0.39, 0.29) is 5.97 Å². The normalized spacial score (nSPS) is 15.4. The molecule has 5 nitrogen and oxygen atoms in total. The molecule has 1 aliphatic rings. The van der Waals surface area contributed by atoms with Gasteiger partial charge in [-0.15, -0.1) is 0 Å². The van der Waals surface area contributed by atoms with Crippen LogP contribution in [0.25, 0.3) is 5.57 Å². The Morgan fingerprint density at radius 3 is 3.00 bits per heavy atom. The van der Waals surface area contributed by atoms with Gasteiger partial charge in [0.2, 0.25) is 0 Å². The van der Waals surface area contributed by atoms with Gasteiger partial charge in [0, 0.05) is 27.3 Å². The Bertz CT molecular complexity index is 799. The summed E-state index contributed by atoms with van der Waals surface area (Å²) in [6, 6.07) is 5.36. The van der Waals surface area contributed by atoms with Gasteiger partial charge in [-0.1, -0.05) is 29.3 Å². The standard InChI is InChI=1S/C17H16Cl2N2O3/c1-2-24-16(22)5-12-9-23-10-13-7-20-21(17(12)13)8-11-3-4-14(18)6-15(11)19/h3-7H,2,8-10H2,1H3/b12-5+. The number of hydrogen-bond donors (Lipinski definition) is 0. The Morgan fingerprint density at radius 1 is 1.42 bits per heavy atom. The van der Waals surface area contributed by atoms with Crippen molar-refractivity contribution < 1.29 is 14.3 Å². The summed E-state index contributed by atoms with van der Waals surface area (Å²) in [6.07, 6.45) is 3.21. The van der Waals surface area contributed by atoms with Gasteiger partial charge in [-0.3, -0.25) is 4.68 Å². The van der Waals surface area contributed by atoms with Crippen LogP contribution in [0.2, 0.25) is 10.0 Å². The summed E-state index contributed by atoms with van der Waals surface area (Å²) >= 11 is 12.2. The predicted octanol–water partition coefficient (Wildman–Crippen LogP) is 3.71. The molecule has 0 atom stereocenters. The Labute approximate surface area is 149 Å². The maximum Gasteiger partial charge on any atom is 0.331 e. The molecule has 0 unspecified atom stereocenters. The van der Waals surface area contributed by atoms with Gasteiger partial charge >= 0.3 is 5.97 Å². The van der Waals surface area contributed by atoms with Gasteiger partial charge in [0.15, 0.2) is 0 Å². The lowest BCUT2D eigenvalue weighted by Crippen LogP contribution is -2.15. The van der Waals surface area contributed by atoms with Gasteiger partial charge in [-0.05, 0) is 24.6 Å². The third-order valence-corrected chi connectivity index (χ3v) is 4.24. The first-order valence-electron chi connectivity index (χ1n) is 7.52. The van der Waals surface area contributed by atoms with Crippen LogP contribution in [-0.4, -0.2) is 29.0 Å². The number of halogens is 2. The van der Waals surface area contributed by atoms with E-state index in [4.69, 9.17) is 32.7 Å². The fraction of sp³-hybridized carbons (Fsp3) is 0.294. The highest BCUT2D eigenvalue weighted by molar-refractivity contribution is 6.35. The summed E-state index contributed by atoms with van der Waals surface area (Å²) in [7, 11) is 0. The smallest absolute Gasteiger partial charge is 0.331 e. The minimum absolute atomic E-state index is 0.329. The molecule has 1 aromatic carbocycles. The number of carbonyl (C=O) groups is 1. The first-order valence-corrected chi connectivity index (χ1v) is 8.28. The SMILES string of the molecule is CCOC(=O)/C=C1\COCc2cnn(Cc3ccc(Cl)cc3Cl)c21. The van der Waals surface area contributed by atoms with Crippen LogP contribution >= 0.6 is 23.2 Å². The molecule has 0 saturated heterocycles. The second-order valence-corrected chi connectivity index (χ2v) is 6.17. The second-order valence-electron chi connectivity index (χ2n) is 5.33. The summed E-state index contributed by atoms with van der Waals surface area (Å²) < 4.78 is 12.3. The molecule has 0 amide bonds. The molecule has 0 aliphatic carbocycles. The van der Waals surface area contributed by atoms with Gasteiger partial charge in [0.05, 0.1) is 38.3 Å². The number of esters is 1. The van der Waals surface area contributed by atoms with Crippen LogP contribution < -0.4 is 0 Å². The van der Waals surface area contributed by atoms with Crippen LogP contribution in [0.3, 0.4) is 0 Å². The zero-order chi connectivity index (χ0) is 17.1. The van der Waals surface area contributed by atoms with Crippen LogP contribution in [0.15, 0.2) is 30.5 Å². The molecule has 7 heteroatoms. The fourth-order valence-electron chi connectivity index (χ4n) is 2.61. The highest BCUT2D eigenvalue weighted by atomic mass is 35.5. The Balaban J connectivity index is 1.94. The van der Waals surface area contributed by atoms with Gasteiger partial charge in [-0.2, -0.15) is 5.10 Å². The lowest BCUT2D eigenvalue weighted by molar-refractivity contribution is -0.137. The number of benzene rings is 1. The van der Waals surface area contributed by atoms with Crippen molar-refractivity contribution in [2.75, 3.05) is 13.2 Å². The topological polar surface area (TPSA) is 53.4 Å². The molecular formula is C17H16Cl2N2O3. The van der Waals surface area contributed by atoms with E-state index in [0.29, 0.717) is 36.4 Å². The first-order chi connectivity index (χ1) is 11.6. The lowest BCUT2D eigenvalue weighted by atomic mass is 10.1. The van der Waals surface area contributed by atoms with E-state index < -0.39 is 0 Å². The van der Waals surface area contributed by atoms with Crippen molar-refractivity contribution in [3.63, 3.8) is 0 Å². The zero-order valence-corrected chi connectivity index (χ0v) is 14.6. The molecule has 0 saturated carbocycles. The molecular weight excluding hydrogens is 351 g/mol.